The molecule has 18 heavy (non-hydrogen) atoms. The van der Waals surface area contributed by atoms with Gasteiger partial charge in [-0.1, -0.05) is 19.3 Å². The highest BCUT2D eigenvalue weighted by atomic mass is 32.2. The molecule has 4 nitrogen and oxygen atoms in total. The molecule has 0 aromatic rings. The van der Waals surface area contributed by atoms with Crippen molar-refractivity contribution in [3.63, 3.8) is 0 Å². The Morgan fingerprint density at radius 3 is 2.61 bits per heavy atom. The molecule has 1 saturated heterocycles. The van der Waals surface area contributed by atoms with Gasteiger partial charge in [0, 0.05) is 13.1 Å². The van der Waals surface area contributed by atoms with E-state index in [1.54, 1.807) is 4.31 Å². The van der Waals surface area contributed by atoms with Gasteiger partial charge in [-0.2, -0.15) is 0 Å². The number of nitrogens with one attached hydrogen (secondary N) is 1. The summed E-state index contributed by atoms with van der Waals surface area (Å²) >= 11 is 0. The average molecular weight is 274 g/mol. The molecule has 106 valence electrons. The fourth-order valence-electron chi connectivity index (χ4n) is 3.38. The second-order valence-electron chi connectivity index (χ2n) is 5.72. The third-order valence-electron chi connectivity index (χ3n) is 4.48. The molecule has 1 N–H and O–H groups in total. The number of hydrogen-bond donors (Lipinski definition) is 1. The van der Waals surface area contributed by atoms with Crippen molar-refractivity contribution < 1.29 is 8.42 Å². The van der Waals surface area contributed by atoms with Crippen molar-refractivity contribution in [2.75, 3.05) is 32.4 Å². The number of piperidine rings is 1. The van der Waals surface area contributed by atoms with Gasteiger partial charge in [0.1, 0.15) is 0 Å². The Morgan fingerprint density at radius 2 is 1.89 bits per heavy atom. The van der Waals surface area contributed by atoms with Crippen LogP contribution in [0.15, 0.2) is 0 Å². The van der Waals surface area contributed by atoms with Crippen molar-refractivity contribution in [1.29, 1.82) is 0 Å². The summed E-state index contributed by atoms with van der Waals surface area (Å²) in [6, 6.07) is 0. The first-order valence-electron chi connectivity index (χ1n) is 7.26. The molecule has 0 aromatic carbocycles. The molecule has 1 heterocycles. The second kappa shape index (κ2) is 6.35. The fraction of sp³-hybridized carbons (Fsp3) is 1.00. The maximum Gasteiger partial charge on any atom is 0.214 e. The van der Waals surface area contributed by atoms with Crippen molar-refractivity contribution in [2.24, 2.45) is 11.8 Å². The van der Waals surface area contributed by atoms with Gasteiger partial charge in [-0.25, -0.2) is 12.7 Å². The van der Waals surface area contributed by atoms with E-state index in [1.165, 1.54) is 25.7 Å². The fourth-order valence-corrected chi connectivity index (χ4v) is 4.95. The quantitative estimate of drug-likeness (QED) is 0.772. The predicted octanol–water partition coefficient (Wildman–Crippen LogP) is 1.44. The molecule has 1 aliphatic heterocycles. The summed E-state index contributed by atoms with van der Waals surface area (Å²) in [6.07, 6.45) is 6.97. The van der Waals surface area contributed by atoms with E-state index in [1.807, 2.05) is 7.05 Å². The van der Waals surface area contributed by atoms with E-state index >= 15 is 0 Å². The Morgan fingerprint density at radius 1 is 1.17 bits per heavy atom. The lowest BCUT2D eigenvalue weighted by atomic mass is 9.76. The number of nitrogens with zero attached hydrogens (tertiary/aromatic N) is 1. The van der Waals surface area contributed by atoms with Crippen molar-refractivity contribution in [3.05, 3.63) is 0 Å². The standard InChI is InChI=1S/C13H26N2O2S/c1-14-8-4-10-18(16,17)15-9-7-12-5-2-3-6-13(12)11-15/h12-14H,2-11H2,1H3. The molecule has 2 fully saturated rings. The summed E-state index contributed by atoms with van der Waals surface area (Å²) in [5.41, 5.74) is 0. The lowest BCUT2D eigenvalue weighted by Crippen LogP contribution is -2.45. The molecular weight excluding hydrogens is 248 g/mol. The van der Waals surface area contributed by atoms with Crippen LogP contribution in [-0.2, 0) is 10.0 Å². The molecule has 5 heteroatoms. The summed E-state index contributed by atoms with van der Waals surface area (Å²) in [5.74, 6) is 1.72. The van der Waals surface area contributed by atoms with Crippen LogP contribution >= 0.6 is 0 Å². The molecule has 2 rings (SSSR count). The molecule has 1 saturated carbocycles. The first-order valence-corrected chi connectivity index (χ1v) is 8.87. The van der Waals surface area contributed by atoms with Gasteiger partial charge in [0.05, 0.1) is 5.75 Å². The average Bonchev–Trinajstić information content (AvgIpc) is 2.38. The monoisotopic (exact) mass is 274 g/mol. The van der Waals surface area contributed by atoms with E-state index in [-0.39, 0.29) is 0 Å². The topological polar surface area (TPSA) is 49.4 Å². The van der Waals surface area contributed by atoms with Crippen molar-refractivity contribution in [3.8, 4) is 0 Å². The van der Waals surface area contributed by atoms with Crippen LogP contribution in [0.1, 0.15) is 38.5 Å². The van der Waals surface area contributed by atoms with E-state index < -0.39 is 10.0 Å². The van der Waals surface area contributed by atoms with E-state index in [2.05, 4.69) is 5.32 Å². The predicted molar refractivity (Wildman–Crippen MR) is 74.0 cm³/mol. The Bertz CT molecular complexity index is 356. The molecule has 0 aromatic heterocycles. The van der Waals surface area contributed by atoms with Crippen LogP contribution in [0.2, 0.25) is 0 Å². The van der Waals surface area contributed by atoms with Gasteiger partial charge in [0.15, 0.2) is 0 Å². The molecule has 0 spiro atoms. The Kier molecular flexibility index (Phi) is 5.04. The molecule has 2 unspecified atom stereocenters. The molecule has 0 amide bonds. The SMILES string of the molecule is CNCCCS(=O)(=O)N1CCC2CCCCC2C1. The number of sulfonamides is 1. The minimum Gasteiger partial charge on any atom is -0.320 e. The highest BCUT2D eigenvalue weighted by Crippen LogP contribution is 2.36. The largest absolute Gasteiger partial charge is 0.320 e. The Labute approximate surface area is 111 Å². The summed E-state index contributed by atoms with van der Waals surface area (Å²) < 4.78 is 26.2. The van der Waals surface area contributed by atoms with Crippen molar-refractivity contribution >= 4 is 10.0 Å². The van der Waals surface area contributed by atoms with E-state index in [0.29, 0.717) is 18.1 Å². The van der Waals surface area contributed by atoms with Crippen LogP contribution in [0.5, 0.6) is 0 Å². The van der Waals surface area contributed by atoms with E-state index in [9.17, 15) is 8.42 Å². The lowest BCUT2D eigenvalue weighted by molar-refractivity contribution is 0.136. The zero-order chi connectivity index (χ0) is 13.0. The molecule has 0 radical (unpaired) electrons. The van der Waals surface area contributed by atoms with Crippen LogP contribution < -0.4 is 5.32 Å². The van der Waals surface area contributed by atoms with Gasteiger partial charge in [-0.3, -0.25) is 0 Å². The summed E-state index contributed by atoms with van der Waals surface area (Å²) in [7, 11) is -1.15. The molecule has 2 atom stereocenters. The van der Waals surface area contributed by atoms with Crippen molar-refractivity contribution in [2.45, 2.75) is 38.5 Å². The molecule has 1 aliphatic carbocycles. The number of hydrogen-bond acceptors (Lipinski definition) is 3. The molecule has 0 bridgehead atoms. The Balaban J connectivity index is 1.89. The van der Waals surface area contributed by atoms with Gasteiger partial charge < -0.3 is 5.32 Å². The van der Waals surface area contributed by atoms with Crippen molar-refractivity contribution in [1.82, 2.24) is 9.62 Å². The van der Waals surface area contributed by atoms with Gasteiger partial charge in [-0.15, -0.1) is 0 Å². The zero-order valence-corrected chi connectivity index (χ0v) is 12.2. The Hall–Kier alpha value is -0.130. The second-order valence-corrected chi connectivity index (χ2v) is 7.81. The van der Waals surface area contributed by atoms with Crippen LogP contribution in [0.25, 0.3) is 0 Å². The number of rotatable bonds is 5. The maximum atomic E-state index is 12.2. The molecular formula is C13H26N2O2S. The first kappa shape index (κ1) is 14.3. The van der Waals surface area contributed by atoms with E-state index in [4.69, 9.17) is 0 Å². The number of fused-ring (bicyclic) bond motifs is 1. The highest BCUT2D eigenvalue weighted by molar-refractivity contribution is 7.89. The third-order valence-corrected chi connectivity index (χ3v) is 6.40. The van der Waals surface area contributed by atoms with Crippen LogP contribution in [-0.4, -0.2) is 45.2 Å². The van der Waals surface area contributed by atoms with Gasteiger partial charge in [-0.05, 0) is 44.7 Å². The van der Waals surface area contributed by atoms with Gasteiger partial charge in [0.25, 0.3) is 0 Å². The summed E-state index contributed by atoms with van der Waals surface area (Å²) in [5, 5.41) is 3.01. The minimum absolute atomic E-state index is 0.297. The third kappa shape index (κ3) is 3.45. The van der Waals surface area contributed by atoms with E-state index in [0.717, 1.165) is 32.0 Å². The zero-order valence-electron chi connectivity index (χ0n) is 11.4. The normalized spacial score (nSPS) is 30.1. The van der Waals surface area contributed by atoms with Crippen LogP contribution in [0.3, 0.4) is 0 Å². The molecule has 2 aliphatic rings. The van der Waals surface area contributed by atoms with Gasteiger partial charge in [0.2, 0.25) is 10.0 Å². The summed E-state index contributed by atoms with van der Waals surface area (Å²) in [6.45, 7) is 2.31. The lowest BCUT2D eigenvalue weighted by Gasteiger charge is -2.40. The minimum atomic E-state index is -3.01. The smallest absolute Gasteiger partial charge is 0.214 e. The highest BCUT2D eigenvalue weighted by Gasteiger charge is 2.35. The van der Waals surface area contributed by atoms with Crippen LogP contribution in [0.4, 0.5) is 0 Å². The maximum absolute atomic E-state index is 12.2. The first-order chi connectivity index (χ1) is 8.63. The summed E-state index contributed by atoms with van der Waals surface area (Å²) in [4.78, 5) is 0. The van der Waals surface area contributed by atoms with Crippen LogP contribution in [0, 0.1) is 11.8 Å². The van der Waals surface area contributed by atoms with Gasteiger partial charge >= 0.3 is 0 Å².